The molecule has 5 N–H and O–H groups in total. The monoisotopic (exact) mass is 385 g/mol. The standard InChI is InChI=1S/C20H23N3O4.CH4/c1-2-13-3-5-14(6-4-13)15-7-9-16(10-8-15)19(25)22-17(20(26)23-27)11-12-18(21)24;/h3-10,17,27H,2,11-12H2,1H3,(H2,21,24)(H,22,25)(H,23,26);1H4/t17-;/m1./s1. The maximum Gasteiger partial charge on any atom is 0.265 e. The van der Waals surface area contributed by atoms with E-state index in [1.54, 1.807) is 12.1 Å². The van der Waals surface area contributed by atoms with Gasteiger partial charge in [0.2, 0.25) is 5.91 Å². The van der Waals surface area contributed by atoms with Crippen molar-refractivity contribution in [1.82, 2.24) is 10.8 Å². The SMILES string of the molecule is C.CCc1ccc(-c2ccc(C(=O)N[C@H](CCC(N)=O)C(=O)NO)cc2)cc1. The minimum atomic E-state index is -1.06. The number of hydroxylamine groups is 1. The Hall–Kier alpha value is -3.19. The molecule has 1 atom stereocenters. The van der Waals surface area contributed by atoms with Crippen LogP contribution < -0.4 is 16.5 Å². The summed E-state index contributed by atoms with van der Waals surface area (Å²) in [5.41, 5.74) is 10.2. The molecule has 0 spiro atoms. The molecular weight excluding hydrogens is 358 g/mol. The predicted molar refractivity (Wildman–Crippen MR) is 108 cm³/mol. The molecular formula is C21H27N3O4. The van der Waals surface area contributed by atoms with E-state index in [4.69, 9.17) is 10.9 Å². The lowest BCUT2D eigenvalue weighted by molar-refractivity contribution is -0.131. The molecule has 2 aromatic carbocycles. The molecule has 28 heavy (non-hydrogen) atoms. The van der Waals surface area contributed by atoms with Gasteiger partial charge in [0.1, 0.15) is 6.04 Å². The van der Waals surface area contributed by atoms with Gasteiger partial charge in [-0.25, -0.2) is 5.48 Å². The van der Waals surface area contributed by atoms with Gasteiger partial charge in [-0.3, -0.25) is 19.6 Å². The van der Waals surface area contributed by atoms with Crippen LogP contribution in [0.4, 0.5) is 0 Å². The minimum absolute atomic E-state index is 0. The van der Waals surface area contributed by atoms with E-state index in [1.807, 2.05) is 24.3 Å². The number of benzene rings is 2. The number of carbonyl (C=O) groups excluding carboxylic acids is 3. The van der Waals surface area contributed by atoms with E-state index < -0.39 is 23.8 Å². The van der Waals surface area contributed by atoms with Gasteiger partial charge in [-0.2, -0.15) is 0 Å². The Balaban J connectivity index is 0.00000392. The molecule has 0 unspecified atom stereocenters. The molecule has 0 aliphatic rings. The molecule has 0 saturated heterocycles. The van der Waals surface area contributed by atoms with Crippen molar-refractivity contribution >= 4 is 17.7 Å². The summed E-state index contributed by atoms with van der Waals surface area (Å²) in [6.45, 7) is 2.09. The van der Waals surface area contributed by atoms with Gasteiger partial charge in [-0.15, -0.1) is 0 Å². The van der Waals surface area contributed by atoms with E-state index in [1.165, 1.54) is 11.0 Å². The van der Waals surface area contributed by atoms with Crippen LogP contribution >= 0.6 is 0 Å². The molecule has 0 bridgehead atoms. The van der Waals surface area contributed by atoms with Gasteiger partial charge in [-0.1, -0.05) is 50.7 Å². The minimum Gasteiger partial charge on any atom is -0.370 e. The second-order valence-corrected chi connectivity index (χ2v) is 6.13. The molecule has 0 heterocycles. The fraction of sp³-hybridized carbons (Fsp3) is 0.286. The van der Waals surface area contributed by atoms with Crippen LogP contribution in [0, 0.1) is 0 Å². The van der Waals surface area contributed by atoms with Crippen molar-refractivity contribution in [3.05, 3.63) is 59.7 Å². The highest BCUT2D eigenvalue weighted by Crippen LogP contribution is 2.20. The molecule has 0 saturated carbocycles. The zero-order chi connectivity index (χ0) is 19.8. The summed E-state index contributed by atoms with van der Waals surface area (Å²) in [5.74, 6) is -1.89. The summed E-state index contributed by atoms with van der Waals surface area (Å²) in [5, 5.41) is 11.3. The predicted octanol–water partition coefficient (Wildman–Crippen LogP) is 2.42. The lowest BCUT2D eigenvalue weighted by Crippen LogP contribution is -2.46. The van der Waals surface area contributed by atoms with Crippen molar-refractivity contribution in [3.8, 4) is 11.1 Å². The summed E-state index contributed by atoms with van der Waals surface area (Å²) in [6.07, 6.45) is 0.873. The first-order valence-corrected chi connectivity index (χ1v) is 8.67. The van der Waals surface area contributed by atoms with Crippen LogP contribution in [0.1, 0.15) is 43.1 Å². The van der Waals surface area contributed by atoms with Crippen LogP contribution in [-0.2, 0) is 16.0 Å². The average molecular weight is 385 g/mol. The Bertz CT molecular complexity index is 801. The molecule has 3 amide bonds. The van der Waals surface area contributed by atoms with Crippen molar-refractivity contribution in [2.24, 2.45) is 5.73 Å². The smallest absolute Gasteiger partial charge is 0.265 e. The summed E-state index contributed by atoms with van der Waals surface area (Å²) < 4.78 is 0. The van der Waals surface area contributed by atoms with Gasteiger partial charge in [0.15, 0.2) is 0 Å². The van der Waals surface area contributed by atoms with Crippen LogP contribution in [0.5, 0.6) is 0 Å². The third-order valence-electron chi connectivity index (χ3n) is 4.25. The zero-order valence-electron chi connectivity index (χ0n) is 15.1. The number of nitrogens with two attached hydrogens (primary N) is 1. The number of carbonyl (C=O) groups is 3. The van der Waals surface area contributed by atoms with Gasteiger partial charge >= 0.3 is 0 Å². The number of rotatable bonds is 8. The van der Waals surface area contributed by atoms with Crippen LogP contribution in [0.15, 0.2) is 48.5 Å². The summed E-state index contributed by atoms with van der Waals surface area (Å²) in [6, 6.07) is 14.1. The maximum absolute atomic E-state index is 12.4. The Kier molecular flexibility index (Phi) is 8.84. The molecule has 2 aromatic rings. The molecule has 0 radical (unpaired) electrons. The molecule has 0 aliphatic carbocycles. The molecule has 150 valence electrons. The van der Waals surface area contributed by atoms with Crippen molar-refractivity contribution in [1.29, 1.82) is 0 Å². The lowest BCUT2D eigenvalue weighted by Gasteiger charge is -2.16. The van der Waals surface area contributed by atoms with Gasteiger partial charge in [0, 0.05) is 12.0 Å². The first-order valence-electron chi connectivity index (χ1n) is 8.67. The van der Waals surface area contributed by atoms with Crippen molar-refractivity contribution in [3.63, 3.8) is 0 Å². The van der Waals surface area contributed by atoms with Gasteiger partial charge in [0.05, 0.1) is 0 Å². The van der Waals surface area contributed by atoms with Gasteiger partial charge < -0.3 is 11.1 Å². The first kappa shape index (κ1) is 22.9. The molecule has 7 nitrogen and oxygen atoms in total. The number of aryl methyl sites for hydroxylation is 1. The number of amides is 3. The second-order valence-electron chi connectivity index (χ2n) is 6.13. The van der Waals surface area contributed by atoms with Gasteiger partial charge in [-0.05, 0) is 41.7 Å². The largest absolute Gasteiger partial charge is 0.370 e. The van der Waals surface area contributed by atoms with Crippen LogP contribution in [0.2, 0.25) is 0 Å². The number of nitrogens with one attached hydrogen (secondary N) is 2. The first-order chi connectivity index (χ1) is 12.9. The highest BCUT2D eigenvalue weighted by Gasteiger charge is 2.21. The van der Waals surface area contributed by atoms with E-state index >= 15 is 0 Å². The molecule has 7 heteroatoms. The topological polar surface area (TPSA) is 122 Å². The Morgan fingerprint density at radius 1 is 1.00 bits per heavy atom. The summed E-state index contributed by atoms with van der Waals surface area (Å²) in [7, 11) is 0. The fourth-order valence-electron chi connectivity index (χ4n) is 2.62. The van der Waals surface area contributed by atoms with Crippen molar-refractivity contribution in [2.45, 2.75) is 39.7 Å². The highest BCUT2D eigenvalue weighted by molar-refractivity contribution is 5.97. The quantitative estimate of drug-likeness (QED) is 0.412. The molecule has 0 fully saturated rings. The number of hydrogen-bond donors (Lipinski definition) is 4. The Morgan fingerprint density at radius 2 is 1.54 bits per heavy atom. The van der Waals surface area contributed by atoms with Crippen LogP contribution in [0.3, 0.4) is 0 Å². The Morgan fingerprint density at radius 3 is 2.00 bits per heavy atom. The number of primary amides is 1. The third-order valence-corrected chi connectivity index (χ3v) is 4.25. The molecule has 2 rings (SSSR count). The van der Waals surface area contributed by atoms with E-state index in [2.05, 4.69) is 24.4 Å². The zero-order valence-corrected chi connectivity index (χ0v) is 15.1. The van der Waals surface area contributed by atoms with Gasteiger partial charge in [0.25, 0.3) is 11.8 Å². The van der Waals surface area contributed by atoms with E-state index in [0.717, 1.165) is 17.5 Å². The van der Waals surface area contributed by atoms with E-state index in [0.29, 0.717) is 5.56 Å². The van der Waals surface area contributed by atoms with Crippen LogP contribution in [0.25, 0.3) is 11.1 Å². The number of hydrogen-bond acceptors (Lipinski definition) is 4. The Labute approximate surface area is 164 Å². The van der Waals surface area contributed by atoms with Crippen molar-refractivity contribution in [2.75, 3.05) is 0 Å². The normalized spacial score (nSPS) is 11.1. The summed E-state index contributed by atoms with van der Waals surface area (Å²) >= 11 is 0. The average Bonchev–Trinajstić information content (AvgIpc) is 2.70. The fourth-order valence-corrected chi connectivity index (χ4v) is 2.62. The van der Waals surface area contributed by atoms with Crippen LogP contribution in [-0.4, -0.2) is 29.0 Å². The molecule has 0 aliphatic heterocycles. The molecule has 0 aromatic heterocycles. The highest BCUT2D eigenvalue weighted by atomic mass is 16.5. The third kappa shape index (κ3) is 6.21. The lowest BCUT2D eigenvalue weighted by atomic mass is 10.0. The van der Waals surface area contributed by atoms with E-state index in [9.17, 15) is 14.4 Å². The second kappa shape index (κ2) is 10.8. The maximum atomic E-state index is 12.4. The van der Waals surface area contributed by atoms with E-state index in [-0.39, 0.29) is 20.3 Å². The summed E-state index contributed by atoms with van der Waals surface area (Å²) in [4.78, 5) is 34.9. The van der Waals surface area contributed by atoms with Crippen molar-refractivity contribution < 1.29 is 19.6 Å².